The fourth-order valence-corrected chi connectivity index (χ4v) is 1.15. The third kappa shape index (κ3) is 8.35. The topological polar surface area (TPSA) is 69.2 Å². The molecule has 0 bridgehead atoms. The Kier molecular flexibility index (Phi) is 15.6. The molecular weight excluding hydrogens is 220 g/mol. The van der Waals surface area contributed by atoms with E-state index in [1.807, 2.05) is 0 Å². The Labute approximate surface area is 144 Å². The van der Waals surface area contributed by atoms with Crippen molar-refractivity contribution in [2.24, 2.45) is 0 Å². The summed E-state index contributed by atoms with van der Waals surface area (Å²) >= 11 is 0. The quantitative estimate of drug-likeness (QED) is 0.352. The van der Waals surface area contributed by atoms with Crippen LogP contribution in [-0.2, 0) is 0 Å². The molecule has 0 aliphatic rings. The SMILES string of the molecule is [Na+].[Na+].[Na+].[O-][P+]([O-])([O-])c1ccccc1. The molecule has 54 valence electrons. The zero-order chi connectivity index (χ0) is 7.61. The Balaban J connectivity index is -0.000000333. The summed E-state index contributed by atoms with van der Waals surface area (Å²) < 4.78 is 0. The van der Waals surface area contributed by atoms with Gasteiger partial charge in [-0.05, 0) is 12.1 Å². The van der Waals surface area contributed by atoms with Crippen LogP contribution < -0.4 is 109 Å². The van der Waals surface area contributed by atoms with Crippen molar-refractivity contribution in [2.45, 2.75) is 0 Å². The van der Waals surface area contributed by atoms with E-state index < -0.39 is 7.94 Å². The van der Waals surface area contributed by atoms with E-state index in [0.29, 0.717) is 0 Å². The molecule has 0 aliphatic heterocycles. The van der Waals surface area contributed by atoms with Gasteiger partial charge in [-0.1, -0.05) is 18.2 Å². The maximum atomic E-state index is 10.3. The van der Waals surface area contributed by atoms with Gasteiger partial charge in [0.25, 0.3) is 0 Å². The Bertz CT molecular complexity index is 214. The zero-order valence-electron chi connectivity index (χ0n) is 8.06. The second-order valence-electron chi connectivity index (χ2n) is 1.83. The molecule has 0 aliphatic carbocycles. The maximum absolute atomic E-state index is 10.3. The Hall–Kier alpha value is 2.53. The minimum atomic E-state index is -4.52. The molecule has 0 fully saturated rings. The maximum Gasteiger partial charge on any atom is 1.00 e. The summed E-state index contributed by atoms with van der Waals surface area (Å²) in [7, 11) is -4.52. The second kappa shape index (κ2) is 9.73. The summed E-state index contributed by atoms with van der Waals surface area (Å²) in [5, 5.41) is -0.157. The average molecular weight is 225 g/mol. The van der Waals surface area contributed by atoms with Crippen LogP contribution in [0.3, 0.4) is 0 Å². The van der Waals surface area contributed by atoms with Gasteiger partial charge in [0.15, 0.2) is 0 Å². The van der Waals surface area contributed by atoms with Crippen LogP contribution in [0.5, 0.6) is 0 Å². The van der Waals surface area contributed by atoms with Crippen LogP contribution in [0.15, 0.2) is 30.3 Å². The molecule has 0 N–H and O–H groups in total. The third-order valence-corrected chi connectivity index (χ3v) is 2.00. The molecule has 1 aromatic rings. The third-order valence-electron chi connectivity index (χ3n) is 1.07. The van der Waals surface area contributed by atoms with Gasteiger partial charge in [0, 0.05) is 0 Å². The van der Waals surface area contributed by atoms with Crippen LogP contribution in [-0.4, -0.2) is 0 Å². The first-order valence-corrected chi connectivity index (χ1v) is 4.22. The molecule has 0 radical (unpaired) electrons. The van der Waals surface area contributed by atoms with Crippen molar-refractivity contribution in [2.75, 3.05) is 0 Å². The van der Waals surface area contributed by atoms with Crippen LogP contribution in [0.25, 0.3) is 0 Å². The molecule has 0 atom stereocenters. The summed E-state index contributed by atoms with van der Waals surface area (Å²) in [6.45, 7) is 0. The van der Waals surface area contributed by atoms with E-state index in [4.69, 9.17) is 0 Å². The summed E-state index contributed by atoms with van der Waals surface area (Å²) in [5.74, 6) is 0. The predicted molar refractivity (Wildman–Crippen MR) is 33.0 cm³/mol. The normalized spacial score (nSPS) is 8.85. The van der Waals surface area contributed by atoms with E-state index in [0.717, 1.165) is 0 Å². The molecule has 13 heavy (non-hydrogen) atoms. The minimum absolute atomic E-state index is 0. The molecule has 0 saturated heterocycles. The van der Waals surface area contributed by atoms with Crippen LogP contribution >= 0.6 is 7.94 Å². The second-order valence-corrected chi connectivity index (χ2v) is 3.34. The van der Waals surface area contributed by atoms with Crippen LogP contribution in [0.2, 0.25) is 0 Å². The predicted octanol–water partition coefficient (Wildman–Crippen LogP) is -10.8. The fourth-order valence-electron chi connectivity index (χ4n) is 0.611. The molecular formula is C6H5Na3O3P+. The van der Waals surface area contributed by atoms with Gasteiger partial charge in [-0.3, -0.25) is 0 Å². The van der Waals surface area contributed by atoms with E-state index in [9.17, 15) is 14.7 Å². The van der Waals surface area contributed by atoms with Crippen molar-refractivity contribution in [3.05, 3.63) is 30.3 Å². The first-order chi connectivity index (χ1) is 4.61. The molecule has 1 aromatic carbocycles. The monoisotopic (exact) mass is 225 g/mol. The van der Waals surface area contributed by atoms with Crippen molar-refractivity contribution in [3.8, 4) is 0 Å². The summed E-state index contributed by atoms with van der Waals surface area (Å²) in [5.41, 5.74) is 0. The molecule has 0 aromatic heterocycles. The smallest absolute Gasteiger partial charge is 0.684 e. The van der Waals surface area contributed by atoms with Crippen LogP contribution in [0, 0.1) is 0 Å². The van der Waals surface area contributed by atoms with Crippen LogP contribution in [0.1, 0.15) is 0 Å². The average Bonchev–Trinajstić information content (AvgIpc) is 1.88. The number of hydrogen-bond acceptors (Lipinski definition) is 3. The van der Waals surface area contributed by atoms with Crippen molar-refractivity contribution in [1.29, 1.82) is 0 Å². The van der Waals surface area contributed by atoms with Gasteiger partial charge >= 0.3 is 88.7 Å². The van der Waals surface area contributed by atoms with E-state index in [1.165, 1.54) is 24.3 Å². The molecule has 0 saturated carbocycles. The Morgan fingerprint density at radius 2 is 1.15 bits per heavy atom. The van der Waals surface area contributed by atoms with Gasteiger partial charge in [-0.2, -0.15) is 0 Å². The minimum Gasteiger partial charge on any atom is -0.684 e. The largest absolute Gasteiger partial charge is 1.00 e. The van der Waals surface area contributed by atoms with Gasteiger partial charge < -0.3 is 14.7 Å². The Morgan fingerprint density at radius 1 is 0.769 bits per heavy atom. The van der Waals surface area contributed by atoms with E-state index in [1.54, 1.807) is 6.07 Å². The van der Waals surface area contributed by atoms with Crippen molar-refractivity contribution < 1.29 is 103 Å². The number of hydrogen-bond donors (Lipinski definition) is 0. The summed E-state index contributed by atoms with van der Waals surface area (Å²) in [4.78, 5) is 30.9. The van der Waals surface area contributed by atoms with E-state index in [2.05, 4.69) is 0 Å². The van der Waals surface area contributed by atoms with Crippen molar-refractivity contribution >= 4 is 13.2 Å². The molecule has 1 rings (SSSR count). The van der Waals surface area contributed by atoms with Gasteiger partial charge in [0.2, 0.25) is 0 Å². The van der Waals surface area contributed by atoms with E-state index in [-0.39, 0.29) is 94.0 Å². The summed E-state index contributed by atoms with van der Waals surface area (Å²) in [6, 6.07) is 7.23. The van der Waals surface area contributed by atoms with Gasteiger partial charge in [-0.15, -0.1) is 7.94 Å². The fraction of sp³-hybridized carbons (Fsp3) is 0. The number of benzene rings is 1. The summed E-state index contributed by atoms with van der Waals surface area (Å²) in [6.07, 6.45) is 0. The Morgan fingerprint density at radius 3 is 1.38 bits per heavy atom. The van der Waals surface area contributed by atoms with E-state index >= 15 is 0 Å². The standard InChI is InChI=1S/C6H7O3P.3Na/c7-10(8,9)6-4-2-1-3-5-6;;;/h1-5H,(H2,7,8,9);;;/q;3*+1/p-2. The molecule has 0 amide bonds. The van der Waals surface area contributed by atoms with Crippen molar-refractivity contribution in [3.63, 3.8) is 0 Å². The van der Waals surface area contributed by atoms with Crippen molar-refractivity contribution in [1.82, 2.24) is 0 Å². The molecule has 7 heteroatoms. The van der Waals surface area contributed by atoms with Gasteiger partial charge in [0.05, 0.1) is 5.30 Å². The zero-order valence-corrected chi connectivity index (χ0v) is 15.0. The van der Waals surface area contributed by atoms with Crippen LogP contribution in [0.4, 0.5) is 0 Å². The molecule has 0 spiro atoms. The van der Waals surface area contributed by atoms with Gasteiger partial charge in [0.1, 0.15) is 0 Å². The first-order valence-electron chi connectivity index (χ1n) is 2.68. The molecule has 0 heterocycles. The van der Waals surface area contributed by atoms with Gasteiger partial charge in [-0.25, -0.2) is 0 Å². The molecule has 0 unspecified atom stereocenters. The first kappa shape index (κ1) is 20.9. The molecule has 3 nitrogen and oxygen atoms in total. The number of rotatable bonds is 1.